The Balaban J connectivity index is 1.46. The maximum absolute atomic E-state index is 14.7. The molecule has 3 aromatic heterocycles. The number of hydrogen-bond acceptors (Lipinski definition) is 10. The molecule has 0 unspecified atom stereocenters. The molecule has 2 atom stereocenters. The lowest BCUT2D eigenvalue weighted by atomic mass is 10.2. The fourth-order valence-corrected chi connectivity index (χ4v) is 5.65. The summed E-state index contributed by atoms with van der Waals surface area (Å²) in [5.41, 5.74) is 0.668. The van der Waals surface area contributed by atoms with Crippen molar-refractivity contribution in [2.24, 2.45) is 0 Å². The van der Waals surface area contributed by atoms with E-state index in [0.717, 1.165) is 0 Å². The largest absolute Gasteiger partial charge is 0.456 e. The summed E-state index contributed by atoms with van der Waals surface area (Å²) in [7, 11) is 3.61. The molecular weight excluding hydrogens is 590 g/mol. The number of H-pyrrole nitrogens is 1. The third-order valence-electron chi connectivity index (χ3n) is 7.39. The van der Waals surface area contributed by atoms with Gasteiger partial charge in [-0.2, -0.15) is 20.1 Å². The Labute approximate surface area is 250 Å². The van der Waals surface area contributed by atoms with Crippen molar-refractivity contribution < 1.29 is 23.4 Å². The van der Waals surface area contributed by atoms with Gasteiger partial charge in [0.2, 0.25) is 11.8 Å². The number of pyridine rings is 1. The van der Waals surface area contributed by atoms with Crippen LogP contribution < -0.4 is 14.4 Å². The van der Waals surface area contributed by atoms with Crippen LogP contribution in [0, 0.1) is 5.82 Å². The highest BCUT2D eigenvalue weighted by atomic mass is 35.5. The molecule has 15 heteroatoms. The van der Waals surface area contributed by atoms with Gasteiger partial charge in [-0.05, 0) is 19.2 Å². The van der Waals surface area contributed by atoms with Crippen LogP contribution in [0.2, 0.25) is 10.2 Å². The molecule has 4 aromatic rings. The number of carbonyl (C=O) groups excluding carboxylic acids is 1. The molecule has 6 rings (SSSR count). The number of anilines is 1. The van der Waals surface area contributed by atoms with Gasteiger partial charge in [0, 0.05) is 52.4 Å². The van der Waals surface area contributed by atoms with Crippen LogP contribution in [0.4, 0.5) is 10.2 Å². The summed E-state index contributed by atoms with van der Waals surface area (Å²) in [5, 5.41) is 7.53. The first-order chi connectivity index (χ1) is 20.2. The van der Waals surface area contributed by atoms with E-state index in [-0.39, 0.29) is 51.4 Å². The molecule has 2 fully saturated rings. The first-order valence-electron chi connectivity index (χ1n) is 13.2. The number of nitrogens with one attached hydrogen (secondary N) is 1. The number of ether oxygens (including phenoxy) is 3. The van der Waals surface area contributed by atoms with Gasteiger partial charge in [-0.25, -0.2) is 4.39 Å². The average Bonchev–Trinajstić information content (AvgIpc) is 3.60. The van der Waals surface area contributed by atoms with E-state index in [9.17, 15) is 9.18 Å². The molecular formula is C27H27Cl2FN8O4. The monoisotopic (exact) mass is 616 g/mol. The molecule has 0 saturated carbocycles. The van der Waals surface area contributed by atoms with Crippen molar-refractivity contribution >= 4 is 56.7 Å². The van der Waals surface area contributed by atoms with Crippen LogP contribution >= 0.6 is 23.2 Å². The van der Waals surface area contributed by atoms with Crippen LogP contribution in [0.1, 0.15) is 0 Å². The lowest BCUT2D eigenvalue weighted by Gasteiger charge is -2.35. The number of benzene rings is 1. The number of amides is 1. The summed E-state index contributed by atoms with van der Waals surface area (Å²) in [6, 6.07) is 2.94. The number of aromatic nitrogens is 5. The molecule has 1 amide bonds. The van der Waals surface area contributed by atoms with Gasteiger partial charge in [-0.1, -0.05) is 29.8 Å². The van der Waals surface area contributed by atoms with E-state index in [4.69, 9.17) is 42.4 Å². The highest BCUT2D eigenvalue weighted by molar-refractivity contribution is 6.33. The minimum absolute atomic E-state index is 0.00697. The maximum atomic E-state index is 14.7. The summed E-state index contributed by atoms with van der Waals surface area (Å²) < 4.78 is 32.8. The summed E-state index contributed by atoms with van der Waals surface area (Å²) >= 11 is 12.8. The molecule has 5 heterocycles. The van der Waals surface area contributed by atoms with E-state index in [1.807, 2.05) is 11.9 Å². The second-order valence-electron chi connectivity index (χ2n) is 10.1. The van der Waals surface area contributed by atoms with E-state index in [2.05, 4.69) is 31.6 Å². The fourth-order valence-electron chi connectivity index (χ4n) is 5.27. The van der Waals surface area contributed by atoms with Crippen molar-refractivity contribution in [3.8, 4) is 17.6 Å². The molecule has 42 heavy (non-hydrogen) atoms. The standard InChI is InChI=1S/C27H27Cl2FN8O4/c1-4-21(39)37-5-7-38(8-6-37)25-14-9-20(28)32-26(42-24-15-11-31-35-17(15)10-16(30)22(24)29)23(14)33-27(34-25)41-19-13-36(2)12-18(19)40-3/h4,9-11,18-19H,1,5-8,12-13H2,2-3H3,(H,31,35)/t18-,19+/m1/s1. The highest BCUT2D eigenvalue weighted by Gasteiger charge is 2.34. The Kier molecular flexibility index (Phi) is 7.75. The lowest BCUT2D eigenvalue weighted by Crippen LogP contribution is -2.48. The molecule has 0 bridgehead atoms. The van der Waals surface area contributed by atoms with Gasteiger partial charge in [0.25, 0.3) is 0 Å². The number of likely N-dealkylation sites (tertiary alicyclic amines) is 1. The van der Waals surface area contributed by atoms with E-state index in [1.165, 1.54) is 18.3 Å². The number of piperazine rings is 1. The fraction of sp³-hybridized carbons (Fsp3) is 0.370. The Morgan fingerprint density at radius 2 is 1.88 bits per heavy atom. The van der Waals surface area contributed by atoms with Crippen LogP contribution in [-0.4, -0.2) is 106 Å². The molecule has 2 aliphatic heterocycles. The normalized spacial score (nSPS) is 19.5. The van der Waals surface area contributed by atoms with Crippen molar-refractivity contribution in [3.63, 3.8) is 0 Å². The highest BCUT2D eigenvalue weighted by Crippen LogP contribution is 2.41. The lowest BCUT2D eigenvalue weighted by molar-refractivity contribution is -0.126. The zero-order valence-electron chi connectivity index (χ0n) is 22.8. The summed E-state index contributed by atoms with van der Waals surface area (Å²) in [4.78, 5) is 31.9. The molecule has 2 aliphatic rings. The molecule has 220 valence electrons. The first-order valence-corrected chi connectivity index (χ1v) is 13.9. The van der Waals surface area contributed by atoms with Gasteiger partial charge in [0.1, 0.15) is 39.5 Å². The number of nitrogens with zero attached hydrogens (tertiary/aromatic N) is 7. The van der Waals surface area contributed by atoms with Gasteiger partial charge < -0.3 is 24.0 Å². The Morgan fingerprint density at radius 3 is 2.62 bits per heavy atom. The topological polar surface area (TPSA) is 122 Å². The predicted molar refractivity (Wildman–Crippen MR) is 155 cm³/mol. The SMILES string of the molecule is C=CC(=O)N1CCN(c2nc(O[C@H]3CN(C)C[C@H]3OC)nc3c(Oc4c(Cl)c(F)cc5[nH]ncc45)nc(Cl)cc23)CC1. The Morgan fingerprint density at radius 1 is 1.12 bits per heavy atom. The maximum Gasteiger partial charge on any atom is 0.319 e. The summed E-state index contributed by atoms with van der Waals surface area (Å²) in [6.07, 6.45) is 2.25. The van der Waals surface area contributed by atoms with E-state index >= 15 is 0 Å². The molecule has 2 saturated heterocycles. The summed E-state index contributed by atoms with van der Waals surface area (Å²) in [5.74, 6) is -0.325. The number of rotatable bonds is 7. The van der Waals surface area contributed by atoms with Gasteiger partial charge in [0.05, 0.1) is 22.5 Å². The van der Waals surface area contributed by atoms with E-state index in [1.54, 1.807) is 18.1 Å². The minimum atomic E-state index is -0.697. The smallest absolute Gasteiger partial charge is 0.319 e. The van der Waals surface area contributed by atoms with Crippen LogP contribution in [0.5, 0.6) is 17.6 Å². The van der Waals surface area contributed by atoms with Gasteiger partial charge in [-0.3, -0.25) is 14.8 Å². The van der Waals surface area contributed by atoms with Crippen molar-refractivity contribution in [1.29, 1.82) is 0 Å². The molecule has 0 radical (unpaired) electrons. The van der Waals surface area contributed by atoms with Crippen LogP contribution in [0.3, 0.4) is 0 Å². The number of fused-ring (bicyclic) bond motifs is 2. The third-order valence-corrected chi connectivity index (χ3v) is 7.94. The minimum Gasteiger partial charge on any atom is -0.456 e. The second-order valence-corrected chi connectivity index (χ2v) is 10.8. The molecule has 12 nitrogen and oxygen atoms in total. The number of aromatic amines is 1. The van der Waals surface area contributed by atoms with E-state index in [0.29, 0.717) is 61.4 Å². The van der Waals surface area contributed by atoms with Crippen molar-refractivity contribution in [3.05, 3.63) is 47.0 Å². The number of likely N-dealkylation sites (N-methyl/N-ethyl adjacent to an activating group) is 1. The molecule has 0 spiro atoms. The van der Waals surface area contributed by atoms with Crippen LogP contribution in [0.15, 0.2) is 31.0 Å². The molecule has 0 aliphatic carbocycles. The van der Waals surface area contributed by atoms with Crippen LogP contribution in [0.25, 0.3) is 21.8 Å². The van der Waals surface area contributed by atoms with Crippen molar-refractivity contribution in [1.82, 2.24) is 34.9 Å². The van der Waals surface area contributed by atoms with Crippen molar-refractivity contribution in [2.45, 2.75) is 12.2 Å². The average molecular weight is 617 g/mol. The zero-order chi connectivity index (χ0) is 29.5. The quantitative estimate of drug-likeness (QED) is 0.243. The number of hydrogen-bond donors (Lipinski definition) is 1. The van der Waals surface area contributed by atoms with E-state index < -0.39 is 5.82 Å². The Hall–Kier alpha value is -3.78. The van der Waals surface area contributed by atoms with Gasteiger partial charge in [-0.15, -0.1) is 0 Å². The zero-order valence-corrected chi connectivity index (χ0v) is 24.3. The van der Waals surface area contributed by atoms with Gasteiger partial charge in [0.15, 0.2) is 5.75 Å². The number of carbonyl (C=O) groups is 1. The molecule has 1 aromatic carbocycles. The third kappa shape index (κ3) is 5.28. The summed E-state index contributed by atoms with van der Waals surface area (Å²) in [6.45, 7) is 6.78. The number of methoxy groups -OCH3 is 1. The van der Waals surface area contributed by atoms with Crippen molar-refractivity contribution in [2.75, 3.05) is 58.3 Å². The molecule has 1 N–H and O–H groups in total. The van der Waals surface area contributed by atoms with Crippen LogP contribution in [-0.2, 0) is 9.53 Å². The second kappa shape index (κ2) is 11.5. The first kappa shape index (κ1) is 28.3. The predicted octanol–water partition coefficient (Wildman–Crippen LogP) is 3.68. The Bertz CT molecular complexity index is 1680. The number of halogens is 3. The van der Waals surface area contributed by atoms with Gasteiger partial charge >= 0.3 is 6.01 Å².